The van der Waals surface area contributed by atoms with Crippen LogP contribution in [0.4, 0.5) is 0 Å². The molecular weight excluding hydrogens is 198 g/mol. The first-order chi connectivity index (χ1) is 7.51. The Kier molecular flexibility index (Phi) is 4.81. The number of rotatable bonds is 5. The summed E-state index contributed by atoms with van der Waals surface area (Å²) in [6.07, 6.45) is 1.07. The van der Waals surface area contributed by atoms with E-state index in [4.69, 9.17) is 4.74 Å². The summed E-state index contributed by atoms with van der Waals surface area (Å²) in [7, 11) is 1.69. The Morgan fingerprint density at radius 1 is 1.12 bits per heavy atom. The standard InChI is InChI=1S/C14H23NO/c1-14(2,3)11-15-10-9-12-5-7-13(16-4)8-6-12/h5-8,15H,9-11H2,1-4H3. The van der Waals surface area contributed by atoms with Gasteiger partial charge >= 0.3 is 0 Å². The lowest BCUT2D eigenvalue weighted by molar-refractivity contribution is 0.381. The molecule has 0 saturated carbocycles. The van der Waals surface area contributed by atoms with Gasteiger partial charge in [-0.3, -0.25) is 0 Å². The van der Waals surface area contributed by atoms with Gasteiger partial charge in [0.05, 0.1) is 7.11 Å². The van der Waals surface area contributed by atoms with Gasteiger partial charge in [0.2, 0.25) is 0 Å². The molecule has 2 nitrogen and oxygen atoms in total. The van der Waals surface area contributed by atoms with Gasteiger partial charge in [0, 0.05) is 6.54 Å². The van der Waals surface area contributed by atoms with Crippen LogP contribution in [0.25, 0.3) is 0 Å². The Hall–Kier alpha value is -1.02. The predicted octanol–water partition coefficient (Wildman–Crippen LogP) is 2.87. The highest BCUT2D eigenvalue weighted by Gasteiger charge is 2.08. The average molecular weight is 221 g/mol. The lowest BCUT2D eigenvalue weighted by Gasteiger charge is -2.18. The van der Waals surface area contributed by atoms with Gasteiger partial charge in [0.1, 0.15) is 5.75 Å². The second-order valence-corrected chi connectivity index (χ2v) is 5.34. The van der Waals surface area contributed by atoms with E-state index >= 15 is 0 Å². The fourth-order valence-electron chi connectivity index (χ4n) is 1.49. The lowest BCUT2D eigenvalue weighted by atomic mass is 9.97. The van der Waals surface area contributed by atoms with Gasteiger partial charge in [-0.15, -0.1) is 0 Å². The summed E-state index contributed by atoms with van der Waals surface area (Å²) in [5, 5.41) is 3.47. The molecule has 0 aromatic heterocycles. The summed E-state index contributed by atoms with van der Waals surface area (Å²) in [5.74, 6) is 0.923. The summed E-state index contributed by atoms with van der Waals surface area (Å²) < 4.78 is 5.12. The third kappa shape index (κ3) is 5.17. The second-order valence-electron chi connectivity index (χ2n) is 5.34. The molecule has 0 spiro atoms. The number of ether oxygens (including phenoxy) is 1. The van der Waals surface area contributed by atoms with Crippen molar-refractivity contribution in [2.45, 2.75) is 27.2 Å². The third-order valence-electron chi connectivity index (χ3n) is 2.40. The molecule has 0 aliphatic carbocycles. The van der Waals surface area contributed by atoms with Crippen molar-refractivity contribution in [2.24, 2.45) is 5.41 Å². The van der Waals surface area contributed by atoms with Crippen molar-refractivity contribution in [1.29, 1.82) is 0 Å². The molecule has 1 rings (SSSR count). The highest BCUT2D eigenvalue weighted by atomic mass is 16.5. The van der Waals surface area contributed by atoms with E-state index in [1.165, 1.54) is 5.56 Å². The van der Waals surface area contributed by atoms with Gasteiger partial charge in [-0.2, -0.15) is 0 Å². The van der Waals surface area contributed by atoms with E-state index in [0.29, 0.717) is 5.41 Å². The van der Waals surface area contributed by atoms with E-state index in [-0.39, 0.29) is 0 Å². The van der Waals surface area contributed by atoms with Crippen molar-refractivity contribution in [3.63, 3.8) is 0 Å². The first-order valence-corrected chi connectivity index (χ1v) is 5.85. The quantitative estimate of drug-likeness (QED) is 0.772. The van der Waals surface area contributed by atoms with Gasteiger partial charge in [0.15, 0.2) is 0 Å². The third-order valence-corrected chi connectivity index (χ3v) is 2.40. The van der Waals surface area contributed by atoms with Crippen LogP contribution in [0.5, 0.6) is 5.75 Å². The van der Waals surface area contributed by atoms with E-state index in [1.807, 2.05) is 12.1 Å². The van der Waals surface area contributed by atoms with E-state index in [2.05, 4.69) is 38.2 Å². The largest absolute Gasteiger partial charge is 0.497 e. The molecular formula is C14H23NO. The van der Waals surface area contributed by atoms with Crippen LogP contribution in [0.1, 0.15) is 26.3 Å². The molecule has 2 heteroatoms. The Labute approximate surface area is 99.0 Å². The zero-order valence-corrected chi connectivity index (χ0v) is 10.8. The van der Waals surface area contributed by atoms with Crippen LogP contribution in [-0.4, -0.2) is 20.2 Å². The molecule has 1 aromatic rings. The van der Waals surface area contributed by atoms with Crippen LogP contribution in [0.2, 0.25) is 0 Å². The normalized spacial score (nSPS) is 11.5. The molecule has 1 N–H and O–H groups in total. The molecule has 1 aromatic carbocycles. The van der Waals surface area contributed by atoms with Crippen molar-refractivity contribution in [1.82, 2.24) is 5.32 Å². The smallest absolute Gasteiger partial charge is 0.118 e. The average Bonchev–Trinajstić information content (AvgIpc) is 2.24. The van der Waals surface area contributed by atoms with Crippen LogP contribution in [0.15, 0.2) is 24.3 Å². The summed E-state index contributed by atoms with van der Waals surface area (Å²) in [4.78, 5) is 0. The van der Waals surface area contributed by atoms with Crippen LogP contribution in [0.3, 0.4) is 0 Å². The number of methoxy groups -OCH3 is 1. The van der Waals surface area contributed by atoms with Gasteiger partial charge in [-0.25, -0.2) is 0 Å². The van der Waals surface area contributed by atoms with E-state index in [1.54, 1.807) is 7.11 Å². The minimum absolute atomic E-state index is 0.361. The Balaban J connectivity index is 2.27. The summed E-state index contributed by atoms with van der Waals surface area (Å²) in [6, 6.07) is 8.27. The topological polar surface area (TPSA) is 21.3 Å². The molecule has 0 amide bonds. The van der Waals surface area contributed by atoms with Crippen molar-refractivity contribution in [3.8, 4) is 5.75 Å². The summed E-state index contributed by atoms with van der Waals surface area (Å²) in [5.41, 5.74) is 1.71. The summed E-state index contributed by atoms with van der Waals surface area (Å²) in [6.45, 7) is 8.82. The van der Waals surface area contributed by atoms with Crippen LogP contribution < -0.4 is 10.1 Å². The number of benzene rings is 1. The monoisotopic (exact) mass is 221 g/mol. The molecule has 0 saturated heterocycles. The molecule has 90 valence electrons. The van der Waals surface area contributed by atoms with Crippen LogP contribution in [0, 0.1) is 5.41 Å². The number of nitrogens with one attached hydrogen (secondary N) is 1. The Morgan fingerprint density at radius 3 is 2.25 bits per heavy atom. The Bertz CT molecular complexity index is 298. The maximum absolute atomic E-state index is 5.12. The SMILES string of the molecule is COc1ccc(CCNCC(C)(C)C)cc1. The first kappa shape index (κ1) is 13.0. The van der Waals surface area contributed by atoms with Crippen molar-refractivity contribution in [3.05, 3.63) is 29.8 Å². The van der Waals surface area contributed by atoms with Crippen LogP contribution in [-0.2, 0) is 6.42 Å². The van der Waals surface area contributed by atoms with Gasteiger partial charge in [0.25, 0.3) is 0 Å². The fraction of sp³-hybridized carbons (Fsp3) is 0.571. The molecule has 0 aliphatic heterocycles. The number of hydrogen-bond donors (Lipinski definition) is 1. The number of hydrogen-bond acceptors (Lipinski definition) is 2. The van der Waals surface area contributed by atoms with Gasteiger partial charge in [-0.05, 0) is 36.1 Å². The van der Waals surface area contributed by atoms with Crippen molar-refractivity contribution in [2.75, 3.05) is 20.2 Å². The molecule has 16 heavy (non-hydrogen) atoms. The van der Waals surface area contributed by atoms with E-state index < -0.39 is 0 Å². The second kappa shape index (κ2) is 5.90. The molecule has 0 aliphatic rings. The molecule has 0 heterocycles. The van der Waals surface area contributed by atoms with Crippen LogP contribution >= 0.6 is 0 Å². The lowest BCUT2D eigenvalue weighted by Crippen LogP contribution is -2.28. The molecule has 0 radical (unpaired) electrons. The zero-order valence-electron chi connectivity index (χ0n) is 10.8. The maximum Gasteiger partial charge on any atom is 0.118 e. The highest BCUT2D eigenvalue weighted by molar-refractivity contribution is 5.27. The minimum atomic E-state index is 0.361. The predicted molar refractivity (Wildman–Crippen MR) is 69.0 cm³/mol. The van der Waals surface area contributed by atoms with Crippen molar-refractivity contribution >= 4 is 0 Å². The zero-order chi connectivity index (χ0) is 12.0. The Morgan fingerprint density at radius 2 is 1.75 bits per heavy atom. The molecule has 0 fully saturated rings. The molecule has 0 bridgehead atoms. The fourth-order valence-corrected chi connectivity index (χ4v) is 1.49. The van der Waals surface area contributed by atoms with Gasteiger partial charge in [-0.1, -0.05) is 32.9 Å². The minimum Gasteiger partial charge on any atom is -0.497 e. The first-order valence-electron chi connectivity index (χ1n) is 5.85. The van der Waals surface area contributed by atoms with E-state index in [9.17, 15) is 0 Å². The maximum atomic E-state index is 5.12. The highest BCUT2D eigenvalue weighted by Crippen LogP contribution is 2.12. The molecule has 0 unspecified atom stereocenters. The van der Waals surface area contributed by atoms with Gasteiger partial charge < -0.3 is 10.1 Å². The van der Waals surface area contributed by atoms with Crippen molar-refractivity contribution < 1.29 is 4.74 Å². The molecule has 0 atom stereocenters. The summed E-state index contributed by atoms with van der Waals surface area (Å²) >= 11 is 0. The van der Waals surface area contributed by atoms with E-state index in [0.717, 1.165) is 25.3 Å².